The van der Waals surface area contributed by atoms with E-state index in [2.05, 4.69) is 10.6 Å². The zero-order valence-corrected chi connectivity index (χ0v) is 18.9. The van der Waals surface area contributed by atoms with Gasteiger partial charge in [0, 0.05) is 24.2 Å². The summed E-state index contributed by atoms with van der Waals surface area (Å²) in [6, 6.07) is 4.96. The Morgan fingerprint density at radius 2 is 1.57 bits per heavy atom. The molecule has 0 spiro atoms. The number of rotatable bonds is 5. The van der Waals surface area contributed by atoms with E-state index < -0.39 is 12.2 Å². The Labute approximate surface area is 185 Å². The minimum atomic E-state index is -0.635. The van der Waals surface area contributed by atoms with Crippen LogP contribution in [0.1, 0.15) is 39.8 Å². The summed E-state index contributed by atoms with van der Waals surface area (Å²) in [6.45, 7) is 8.02. The van der Waals surface area contributed by atoms with Crippen molar-refractivity contribution >= 4 is 35.4 Å². The van der Waals surface area contributed by atoms with Crippen molar-refractivity contribution in [2.24, 2.45) is 0 Å². The van der Waals surface area contributed by atoms with Gasteiger partial charge in [0.25, 0.3) is 0 Å². The molecule has 9 heteroatoms. The minimum absolute atomic E-state index is 0.101. The predicted octanol–water partition coefficient (Wildman–Crippen LogP) is 5.40. The summed E-state index contributed by atoms with van der Waals surface area (Å²) in [5, 5.41) is 6.18. The molecular formula is C21H25Cl2N3O4. The highest BCUT2D eigenvalue weighted by Crippen LogP contribution is 2.47. The Balaban J connectivity index is 2.12. The van der Waals surface area contributed by atoms with Crippen molar-refractivity contribution in [2.45, 2.75) is 59.2 Å². The van der Waals surface area contributed by atoms with Gasteiger partial charge >= 0.3 is 12.2 Å². The SMILES string of the molecule is CC(C)NC(=O)Oc1c(OC(=O)NC(C)C)c(-c2ccc(Cl)c(Cl)c2)n2c1CCC2. The zero-order valence-electron chi connectivity index (χ0n) is 17.3. The van der Waals surface area contributed by atoms with Gasteiger partial charge in [-0.15, -0.1) is 0 Å². The third-order valence-corrected chi connectivity index (χ3v) is 5.21. The number of halogens is 2. The molecule has 0 aliphatic carbocycles. The molecule has 0 saturated carbocycles. The van der Waals surface area contributed by atoms with Gasteiger partial charge in [0.2, 0.25) is 5.75 Å². The maximum atomic E-state index is 12.4. The van der Waals surface area contributed by atoms with E-state index in [0.717, 1.165) is 12.1 Å². The predicted molar refractivity (Wildman–Crippen MR) is 117 cm³/mol. The number of fused-ring (bicyclic) bond motifs is 1. The van der Waals surface area contributed by atoms with Gasteiger partial charge in [0.1, 0.15) is 0 Å². The van der Waals surface area contributed by atoms with Crippen molar-refractivity contribution in [3.8, 4) is 22.8 Å². The van der Waals surface area contributed by atoms with E-state index in [-0.39, 0.29) is 23.6 Å². The monoisotopic (exact) mass is 453 g/mol. The largest absolute Gasteiger partial charge is 0.413 e. The van der Waals surface area contributed by atoms with E-state index in [9.17, 15) is 9.59 Å². The second kappa shape index (κ2) is 9.18. The normalized spacial score (nSPS) is 12.8. The average molecular weight is 454 g/mol. The van der Waals surface area contributed by atoms with Crippen LogP contribution < -0.4 is 20.1 Å². The standard InChI is InChI=1S/C21H25Cl2N3O4/c1-11(2)24-20(27)29-18-16-6-5-9-26(16)17(13-7-8-14(22)15(23)10-13)19(18)30-21(28)25-12(3)4/h7-8,10-12H,5-6,9H2,1-4H3,(H,24,27)(H,25,28). The van der Waals surface area contributed by atoms with E-state index >= 15 is 0 Å². The van der Waals surface area contributed by atoms with E-state index in [1.807, 2.05) is 32.3 Å². The molecule has 1 aliphatic heterocycles. The summed E-state index contributed by atoms with van der Waals surface area (Å²) in [5.74, 6) is 0.422. The summed E-state index contributed by atoms with van der Waals surface area (Å²) in [6.07, 6.45) is 0.322. The van der Waals surface area contributed by atoms with Gasteiger partial charge in [-0.1, -0.05) is 29.3 Å². The minimum Gasteiger partial charge on any atom is -0.404 e. The van der Waals surface area contributed by atoms with Crippen LogP contribution in [0.2, 0.25) is 10.0 Å². The molecule has 2 heterocycles. The topological polar surface area (TPSA) is 81.6 Å². The number of carbonyl (C=O) groups is 2. The van der Waals surface area contributed by atoms with E-state index in [0.29, 0.717) is 34.3 Å². The zero-order chi connectivity index (χ0) is 22.0. The lowest BCUT2D eigenvalue weighted by Gasteiger charge is -2.14. The highest BCUT2D eigenvalue weighted by Gasteiger charge is 2.32. The molecule has 2 N–H and O–H groups in total. The maximum Gasteiger partial charge on any atom is 0.413 e. The molecule has 1 aliphatic rings. The van der Waals surface area contributed by atoms with Crippen LogP contribution >= 0.6 is 23.2 Å². The number of hydrogen-bond donors (Lipinski definition) is 2. The molecule has 2 amide bonds. The van der Waals surface area contributed by atoms with Crippen molar-refractivity contribution < 1.29 is 19.1 Å². The van der Waals surface area contributed by atoms with Crippen LogP contribution in [-0.4, -0.2) is 28.8 Å². The number of nitrogens with zero attached hydrogens (tertiary/aromatic N) is 1. The van der Waals surface area contributed by atoms with Crippen LogP contribution in [0.4, 0.5) is 9.59 Å². The number of nitrogens with one attached hydrogen (secondary N) is 2. The molecule has 0 radical (unpaired) electrons. The van der Waals surface area contributed by atoms with Crippen LogP contribution in [0.5, 0.6) is 11.5 Å². The van der Waals surface area contributed by atoms with Crippen LogP contribution in [0, 0.1) is 0 Å². The Morgan fingerprint density at radius 1 is 0.967 bits per heavy atom. The van der Waals surface area contributed by atoms with Crippen molar-refractivity contribution in [3.05, 3.63) is 33.9 Å². The fraction of sp³-hybridized carbons (Fsp3) is 0.429. The van der Waals surface area contributed by atoms with Gasteiger partial charge in [0.15, 0.2) is 5.75 Å². The highest BCUT2D eigenvalue weighted by molar-refractivity contribution is 6.42. The van der Waals surface area contributed by atoms with Crippen molar-refractivity contribution in [3.63, 3.8) is 0 Å². The number of ether oxygens (including phenoxy) is 2. The summed E-state index contributed by atoms with van der Waals surface area (Å²) in [4.78, 5) is 24.8. The third kappa shape index (κ3) is 4.84. The van der Waals surface area contributed by atoms with Gasteiger partial charge in [-0.25, -0.2) is 9.59 Å². The van der Waals surface area contributed by atoms with E-state index in [1.54, 1.807) is 18.2 Å². The first-order valence-electron chi connectivity index (χ1n) is 9.84. The molecule has 0 unspecified atom stereocenters. The molecule has 0 atom stereocenters. The number of amides is 2. The van der Waals surface area contributed by atoms with E-state index in [1.165, 1.54) is 0 Å². The van der Waals surface area contributed by atoms with E-state index in [4.69, 9.17) is 32.7 Å². The lowest BCUT2D eigenvalue weighted by molar-refractivity contribution is 0.187. The van der Waals surface area contributed by atoms with Crippen LogP contribution in [-0.2, 0) is 13.0 Å². The molecule has 0 bridgehead atoms. The Bertz CT molecular complexity index is 970. The van der Waals surface area contributed by atoms with Crippen molar-refractivity contribution in [2.75, 3.05) is 0 Å². The Morgan fingerprint density at radius 3 is 2.13 bits per heavy atom. The van der Waals surface area contributed by atoms with Crippen LogP contribution in [0.15, 0.2) is 18.2 Å². The molecular weight excluding hydrogens is 429 g/mol. The van der Waals surface area contributed by atoms with Gasteiger partial charge in [-0.3, -0.25) is 0 Å². The summed E-state index contributed by atoms with van der Waals surface area (Å²) in [5.41, 5.74) is 2.12. The van der Waals surface area contributed by atoms with Crippen molar-refractivity contribution in [1.82, 2.24) is 15.2 Å². The fourth-order valence-electron chi connectivity index (χ4n) is 3.36. The first-order valence-corrected chi connectivity index (χ1v) is 10.6. The summed E-state index contributed by atoms with van der Waals surface area (Å²) >= 11 is 12.3. The molecule has 0 saturated heterocycles. The quantitative estimate of drug-likeness (QED) is 0.634. The molecule has 162 valence electrons. The maximum absolute atomic E-state index is 12.4. The Hall–Kier alpha value is -2.38. The molecule has 3 rings (SSSR count). The van der Waals surface area contributed by atoms with Gasteiger partial charge in [-0.05, 0) is 52.7 Å². The van der Waals surface area contributed by atoms with Gasteiger partial charge in [-0.2, -0.15) is 0 Å². The Kier molecular flexibility index (Phi) is 6.83. The molecule has 7 nitrogen and oxygen atoms in total. The molecule has 0 fully saturated rings. The molecule has 2 aromatic rings. The summed E-state index contributed by atoms with van der Waals surface area (Å²) in [7, 11) is 0. The lowest BCUT2D eigenvalue weighted by atomic mass is 10.1. The first-order chi connectivity index (χ1) is 14.2. The lowest BCUT2D eigenvalue weighted by Crippen LogP contribution is -2.34. The number of aromatic nitrogens is 1. The second-order valence-corrected chi connectivity index (χ2v) is 8.53. The van der Waals surface area contributed by atoms with Gasteiger partial charge in [0.05, 0.1) is 21.4 Å². The third-order valence-electron chi connectivity index (χ3n) is 4.47. The molecule has 1 aromatic heterocycles. The molecule has 1 aromatic carbocycles. The second-order valence-electron chi connectivity index (χ2n) is 7.71. The van der Waals surface area contributed by atoms with Crippen LogP contribution in [0.3, 0.4) is 0 Å². The summed E-state index contributed by atoms with van der Waals surface area (Å²) < 4.78 is 13.3. The number of carbonyl (C=O) groups excluding carboxylic acids is 2. The van der Waals surface area contributed by atoms with Crippen molar-refractivity contribution in [1.29, 1.82) is 0 Å². The number of benzene rings is 1. The average Bonchev–Trinajstić information content (AvgIpc) is 3.19. The van der Waals surface area contributed by atoms with Gasteiger partial charge < -0.3 is 24.7 Å². The first kappa shape index (κ1) is 22.3. The number of hydrogen-bond acceptors (Lipinski definition) is 4. The van der Waals surface area contributed by atoms with Crippen LogP contribution in [0.25, 0.3) is 11.3 Å². The smallest absolute Gasteiger partial charge is 0.404 e. The molecule has 30 heavy (non-hydrogen) atoms. The highest BCUT2D eigenvalue weighted by atomic mass is 35.5. The fourth-order valence-corrected chi connectivity index (χ4v) is 3.66.